The lowest BCUT2D eigenvalue weighted by Crippen LogP contribution is -2.42. The number of halogens is 1. The monoisotopic (exact) mass is 430 g/mol. The van der Waals surface area contributed by atoms with Crippen LogP contribution in [0.25, 0.3) is 0 Å². The number of aryl methyl sites for hydroxylation is 1. The van der Waals surface area contributed by atoms with Gasteiger partial charge in [0, 0.05) is 12.1 Å². The summed E-state index contributed by atoms with van der Waals surface area (Å²) in [5, 5.41) is 7.39. The van der Waals surface area contributed by atoms with Gasteiger partial charge < -0.3 is 10.6 Å². The van der Waals surface area contributed by atoms with Crippen molar-refractivity contribution in [3.8, 4) is 0 Å². The van der Waals surface area contributed by atoms with Gasteiger partial charge in [0.05, 0.1) is 10.6 Å². The van der Waals surface area contributed by atoms with E-state index in [9.17, 15) is 4.79 Å². The van der Waals surface area contributed by atoms with Gasteiger partial charge in [-0.2, -0.15) is 0 Å². The van der Waals surface area contributed by atoms with Crippen molar-refractivity contribution in [1.82, 2.24) is 10.6 Å². The third-order valence-corrected chi connectivity index (χ3v) is 8.05. The summed E-state index contributed by atoms with van der Waals surface area (Å²) in [5.41, 5.74) is 2.30. The van der Waals surface area contributed by atoms with Gasteiger partial charge in [-0.15, -0.1) is 0 Å². The molecule has 5 rings (SSSR count). The van der Waals surface area contributed by atoms with E-state index in [1.54, 1.807) is 0 Å². The molecule has 30 heavy (non-hydrogen) atoms. The second kappa shape index (κ2) is 8.82. The Morgan fingerprint density at radius 3 is 2.53 bits per heavy atom. The molecule has 3 nitrogen and oxygen atoms in total. The van der Waals surface area contributed by atoms with Gasteiger partial charge in [0.1, 0.15) is 0 Å². The maximum Gasteiger partial charge on any atom is 0.252 e. The zero-order chi connectivity index (χ0) is 21.4. The Morgan fingerprint density at radius 1 is 1.13 bits per heavy atom. The first-order valence-corrected chi connectivity index (χ1v) is 12.4. The van der Waals surface area contributed by atoms with Gasteiger partial charge in [-0.1, -0.05) is 17.7 Å². The van der Waals surface area contributed by atoms with Crippen molar-refractivity contribution in [3.05, 3.63) is 34.3 Å². The van der Waals surface area contributed by atoms with Gasteiger partial charge in [-0.05, 0) is 126 Å². The molecule has 0 saturated heterocycles. The summed E-state index contributed by atoms with van der Waals surface area (Å²) in [6.07, 6.45) is 11.6. The Kier molecular flexibility index (Phi) is 6.51. The number of hydrogen-bond acceptors (Lipinski definition) is 2. The van der Waals surface area contributed by atoms with Crippen LogP contribution < -0.4 is 10.6 Å². The minimum atomic E-state index is 0.00255. The van der Waals surface area contributed by atoms with Gasteiger partial charge in [-0.3, -0.25) is 4.79 Å². The van der Waals surface area contributed by atoms with E-state index < -0.39 is 0 Å². The summed E-state index contributed by atoms with van der Waals surface area (Å²) < 4.78 is 0. The number of amides is 1. The van der Waals surface area contributed by atoms with E-state index in [4.69, 9.17) is 11.6 Å². The van der Waals surface area contributed by atoms with Crippen molar-refractivity contribution in [2.24, 2.45) is 23.2 Å². The highest BCUT2D eigenvalue weighted by molar-refractivity contribution is 6.33. The first-order chi connectivity index (χ1) is 14.2. The topological polar surface area (TPSA) is 41.1 Å². The molecular formula is C26H39ClN2O. The molecule has 0 heterocycles. The second-order valence-corrected chi connectivity index (χ2v) is 11.9. The zero-order valence-corrected chi connectivity index (χ0v) is 19.8. The van der Waals surface area contributed by atoms with Crippen LogP contribution >= 0.6 is 11.6 Å². The third-order valence-electron chi connectivity index (χ3n) is 7.72. The largest absolute Gasteiger partial charge is 0.351 e. The molecule has 1 amide bonds. The van der Waals surface area contributed by atoms with Crippen molar-refractivity contribution in [2.75, 3.05) is 13.1 Å². The second-order valence-electron chi connectivity index (χ2n) is 11.5. The zero-order valence-electron chi connectivity index (χ0n) is 19.0. The smallest absolute Gasteiger partial charge is 0.252 e. The van der Waals surface area contributed by atoms with Crippen molar-refractivity contribution < 1.29 is 4.79 Å². The lowest BCUT2D eigenvalue weighted by molar-refractivity contribution is 0.0614. The van der Waals surface area contributed by atoms with Crippen LogP contribution in [-0.2, 0) is 6.42 Å². The first kappa shape index (κ1) is 22.1. The average molecular weight is 431 g/mol. The van der Waals surface area contributed by atoms with Gasteiger partial charge >= 0.3 is 0 Å². The molecule has 0 aliphatic heterocycles. The van der Waals surface area contributed by atoms with E-state index in [0.717, 1.165) is 43.7 Å². The Balaban J connectivity index is 1.35. The fourth-order valence-corrected chi connectivity index (χ4v) is 6.75. The van der Waals surface area contributed by atoms with Crippen LogP contribution in [-0.4, -0.2) is 24.5 Å². The van der Waals surface area contributed by atoms with Crippen molar-refractivity contribution in [2.45, 2.75) is 84.1 Å². The van der Waals surface area contributed by atoms with E-state index in [0.29, 0.717) is 16.0 Å². The molecule has 4 fully saturated rings. The van der Waals surface area contributed by atoms with E-state index in [2.05, 4.69) is 37.5 Å². The standard InChI is InChI=1S/C26H39ClN2O/c1-25(2,3)29-10-4-5-18-6-7-23(27)22(14-18)24(30)28-17-26-9-8-19-11-20(15-26)13-21(12-19)16-26/h6-7,14,19-21,29H,4-5,8-13,15-17H2,1-3H3,(H,28,30). The molecule has 2 N–H and O–H groups in total. The molecule has 4 bridgehead atoms. The van der Waals surface area contributed by atoms with Crippen LogP contribution in [0.1, 0.15) is 88.1 Å². The number of benzene rings is 1. The SMILES string of the molecule is CC(C)(C)NCCCc1ccc(Cl)c(C(=O)NCC23CCC4CC(CC(C4)C2)C3)c1. The molecular weight excluding hydrogens is 392 g/mol. The molecule has 0 spiro atoms. The highest BCUT2D eigenvalue weighted by Gasteiger charge is 2.47. The quantitative estimate of drug-likeness (QED) is 0.521. The first-order valence-electron chi connectivity index (χ1n) is 12.0. The molecule has 2 atom stereocenters. The van der Waals surface area contributed by atoms with E-state index in [-0.39, 0.29) is 11.4 Å². The summed E-state index contributed by atoms with van der Waals surface area (Å²) in [5.74, 6) is 2.75. The predicted molar refractivity (Wildman–Crippen MR) is 125 cm³/mol. The van der Waals surface area contributed by atoms with E-state index >= 15 is 0 Å². The predicted octanol–water partition coefficient (Wildman–Crippen LogP) is 6.00. The molecule has 1 aromatic rings. The minimum absolute atomic E-state index is 0.00255. The molecule has 2 unspecified atom stereocenters. The highest BCUT2D eigenvalue weighted by Crippen LogP contribution is 2.56. The maximum atomic E-state index is 13.0. The molecule has 4 aliphatic rings. The number of hydrogen-bond donors (Lipinski definition) is 2. The fourth-order valence-electron chi connectivity index (χ4n) is 6.55. The number of carbonyl (C=O) groups excluding carboxylic acids is 1. The molecule has 4 saturated carbocycles. The third kappa shape index (κ3) is 5.40. The van der Waals surface area contributed by atoms with Gasteiger partial charge in [0.25, 0.3) is 5.91 Å². The molecule has 4 aliphatic carbocycles. The number of fused-ring (bicyclic) bond motifs is 1. The summed E-state index contributed by atoms with van der Waals surface area (Å²) >= 11 is 6.42. The normalized spacial score (nSPS) is 30.3. The van der Waals surface area contributed by atoms with Crippen LogP contribution in [0.2, 0.25) is 5.02 Å². The highest BCUT2D eigenvalue weighted by atomic mass is 35.5. The maximum absolute atomic E-state index is 13.0. The molecule has 4 heteroatoms. The summed E-state index contributed by atoms with van der Waals surface area (Å²) in [4.78, 5) is 13.0. The van der Waals surface area contributed by atoms with Crippen LogP contribution in [0.3, 0.4) is 0 Å². The number of carbonyl (C=O) groups is 1. The summed E-state index contributed by atoms with van der Waals surface area (Å²) in [6, 6.07) is 5.94. The van der Waals surface area contributed by atoms with Crippen molar-refractivity contribution >= 4 is 17.5 Å². The molecule has 166 valence electrons. The Bertz CT molecular complexity index is 755. The van der Waals surface area contributed by atoms with Crippen LogP contribution in [0, 0.1) is 23.2 Å². The fraction of sp³-hybridized carbons (Fsp3) is 0.731. The molecule has 0 radical (unpaired) electrons. The van der Waals surface area contributed by atoms with Gasteiger partial charge in [-0.25, -0.2) is 0 Å². The van der Waals surface area contributed by atoms with Crippen LogP contribution in [0.5, 0.6) is 0 Å². The lowest BCUT2D eigenvalue weighted by Gasteiger charge is -2.45. The van der Waals surface area contributed by atoms with Gasteiger partial charge in [0.2, 0.25) is 0 Å². The van der Waals surface area contributed by atoms with Crippen molar-refractivity contribution in [3.63, 3.8) is 0 Å². The Hall–Kier alpha value is -1.06. The average Bonchev–Trinajstić information content (AvgIpc) is 2.88. The minimum Gasteiger partial charge on any atom is -0.351 e. The van der Waals surface area contributed by atoms with E-state index in [1.165, 1.54) is 50.5 Å². The molecule has 1 aromatic carbocycles. The van der Waals surface area contributed by atoms with Crippen molar-refractivity contribution in [1.29, 1.82) is 0 Å². The van der Waals surface area contributed by atoms with E-state index in [1.807, 2.05) is 12.1 Å². The van der Waals surface area contributed by atoms with Crippen LogP contribution in [0.4, 0.5) is 0 Å². The summed E-state index contributed by atoms with van der Waals surface area (Å²) in [7, 11) is 0. The number of rotatable bonds is 7. The van der Waals surface area contributed by atoms with Crippen LogP contribution in [0.15, 0.2) is 18.2 Å². The Morgan fingerprint density at radius 2 is 1.83 bits per heavy atom. The Labute approximate surface area is 187 Å². The number of nitrogens with one attached hydrogen (secondary N) is 2. The lowest BCUT2D eigenvalue weighted by atomic mass is 9.61. The molecule has 0 aromatic heterocycles. The summed E-state index contributed by atoms with van der Waals surface area (Å²) in [6.45, 7) is 8.34. The van der Waals surface area contributed by atoms with Gasteiger partial charge in [0.15, 0.2) is 0 Å².